The van der Waals surface area contributed by atoms with E-state index < -0.39 is 0 Å². The Bertz CT molecular complexity index is 1390. The number of anilines is 1. The second kappa shape index (κ2) is 8.93. The van der Waals surface area contributed by atoms with Gasteiger partial charge in [0.1, 0.15) is 10.8 Å². The van der Waals surface area contributed by atoms with Crippen LogP contribution in [0.15, 0.2) is 66.9 Å². The summed E-state index contributed by atoms with van der Waals surface area (Å²) in [5.74, 6) is 0.788. The van der Waals surface area contributed by atoms with E-state index >= 15 is 0 Å². The number of urea groups is 1. The summed E-state index contributed by atoms with van der Waals surface area (Å²) >= 11 is 1.90. The summed E-state index contributed by atoms with van der Waals surface area (Å²) in [4.78, 5) is 17.4. The summed E-state index contributed by atoms with van der Waals surface area (Å²) < 4.78 is 7.85. The number of hydrogen-bond acceptors (Lipinski definition) is 3. The highest BCUT2D eigenvalue weighted by Gasteiger charge is 2.36. The third-order valence-corrected chi connectivity index (χ3v) is 8.49. The van der Waals surface area contributed by atoms with Crippen molar-refractivity contribution in [3.05, 3.63) is 99.7 Å². The Morgan fingerprint density at radius 1 is 1.03 bits per heavy atom. The van der Waals surface area contributed by atoms with E-state index in [-0.39, 0.29) is 12.1 Å². The van der Waals surface area contributed by atoms with Crippen LogP contribution in [0.2, 0.25) is 0 Å². The fourth-order valence-electron chi connectivity index (χ4n) is 5.38. The van der Waals surface area contributed by atoms with Crippen LogP contribution in [0.25, 0.3) is 5.00 Å². The molecule has 0 bridgehead atoms. The van der Waals surface area contributed by atoms with Gasteiger partial charge < -0.3 is 19.5 Å². The molecule has 35 heavy (non-hydrogen) atoms. The average molecular weight is 484 g/mol. The summed E-state index contributed by atoms with van der Waals surface area (Å²) in [6.45, 7) is 2.62. The standard InChI is InChI=1S/C29H29N3O2S/c1-19-12-14-21(15-13-19)30-29(33)32-18-24-23-9-3-4-11-26(23)35-28(24)31-16-6-10-25(31)27(32)20-7-5-8-22(17-20)34-2/h5-8,10,12-17,27H,3-4,9,11,18H2,1-2H3,(H,30,33). The van der Waals surface area contributed by atoms with Gasteiger partial charge in [0.05, 0.1) is 25.4 Å². The van der Waals surface area contributed by atoms with Crippen molar-refractivity contribution < 1.29 is 9.53 Å². The smallest absolute Gasteiger partial charge is 0.322 e. The lowest BCUT2D eigenvalue weighted by atomic mass is 9.95. The van der Waals surface area contributed by atoms with E-state index in [1.807, 2.05) is 58.7 Å². The highest BCUT2D eigenvalue weighted by atomic mass is 32.1. The molecule has 2 aliphatic rings. The minimum absolute atomic E-state index is 0.0990. The molecule has 0 saturated heterocycles. The van der Waals surface area contributed by atoms with Gasteiger partial charge in [0.2, 0.25) is 0 Å². The van der Waals surface area contributed by atoms with Gasteiger partial charge in [-0.3, -0.25) is 0 Å². The highest BCUT2D eigenvalue weighted by Crippen LogP contribution is 2.44. The number of methoxy groups -OCH3 is 1. The minimum Gasteiger partial charge on any atom is -0.497 e. The topological polar surface area (TPSA) is 46.5 Å². The Hall–Kier alpha value is -3.51. The third-order valence-electron chi connectivity index (χ3n) is 7.15. The molecule has 0 radical (unpaired) electrons. The molecule has 6 heteroatoms. The van der Waals surface area contributed by atoms with Crippen LogP contribution in [-0.4, -0.2) is 22.6 Å². The van der Waals surface area contributed by atoms with E-state index in [1.54, 1.807) is 7.11 Å². The number of carbonyl (C=O) groups excluding carboxylic acids is 1. The molecule has 1 unspecified atom stereocenters. The Balaban J connectivity index is 1.50. The number of ether oxygens (including phenoxy) is 1. The molecule has 0 fully saturated rings. The van der Waals surface area contributed by atoms with Crippen LogP contribution < -0.4 is 10.1 Å². The Morgan fingerprint density at radius 2 is 1.86 bits per heavy atom. The zero-order valence-corrected chi connectivity index (χ0v) is 20.9. The molecule has 2 amide bonds. The van der Waals surface area contributed by atoms with Crippen molar-refractivity contribution >= 4 is 23.1 Å². The van der Waals surface area contributed by atoms with Gasteiger partial charge in [-0.05, 0) is 80.1 Å². The van der Waals surface area contributed by atoms with Crippen LogP contribution in [0.3, 0.4) is 0 Å². The summed E-state index contributed by atoms with van der Waals surface area (Å²) in [5, 5.41) is 4.43. The van der Waals surface area contributed by atoms with Crippen molar-refractivity contribution in [1.82, 2.24) is 9.47 Å². The second-order valence-electron chi connectivity index (χ2n) is 9.40. The number of nitrogens with one attached hydrogen (secondary N) is 1. The molecule has 2 aromatic carbocycles. The number of thiophene rings is 1. The van der Waals surface area contributed by atoms with Crippen molar-refractivity contribution in [1.29, 1.82) is 0 Å². The first kappa shape index (κ1) is 22.0. The number of fused-ring (bicyclic) bond motifs is 5. The summed E-state index contributed by atoms with van der Waals surface area (Å²) in [7, 11) is 1.68. The molecule has 0 saturated carbocycles. The molecule has 1 N–H and O–H groups in total. The molecule has 1 atom stereocenters. The SMILES string of the molecule is COc1cccc(C2c3cccn3-c3sc4c(c3CN2C(=O)Nc2ccc(C)cc2)CCCC4)c1. The first-order valence-corrected chi connectivity index (χ1v) is 13.0. The lowest BCUT2D eigenvalue weighted by Crippen LogP contribution is -2.38. The summed E-state index contributed by atoms with van der Waals surface area (Å²) in [5.41, 5.74) is 6.85. The molecular weight excluding hydrogens is 454 g/mol. The number of carbonyl (C=O) groups is 1. The summed E-state index contributed by atoms with van der Waals surface area (Å²) in [6.07, 6.45) is 6.83. The van der Waals surface area contributed by atoms with Crippen molar-refractivity contribution in [2.75, 3.05) is 12.4 Å². The molecule has 6 rings (SSSR count). The maximum absolute atomic E-state index is 14.0. The van der Waals surface area contributed by atoms with Gasteiger partial charge in [-0.25, -0.2) is 4.79 Å². The molecule has 1 aliphatic heterocycles. The van der Waals surface area contributed by atoms with E-state index in [4.69, 9.17) is 4.74 Å². The highest BCUT2D eigenvalue weighted by molar-refractivity contribution is 7.15. The maximum atomic E-state index is 14.0. The lowest BCUT2D eigenvalue weighted by Gasteiger charge is -2.31. The van der Waals surface area contributed by atoms with Crippen molar-refractivity contribution in [3.8, 4) is 10.8 Å². The van der Waals surface area contributed by atoms with Crippen molar-refractivity contribution in [2.45, 2.75) is 45.2 Å². The van der Waals surface area contributed by atoms with Crippen LogP contribution in [0, 0.1) is 6.92 Å². The van der Waals surface area contributed by atoms with Crippen LogP contribution in [-0.2, 0) is 19.4 Å². The number of benzene rings is 2. The first-order valence-electron chi connectivity index (χ1n) is 12.2. The largest absolute Gasteiger partial charge is 0.497 e. The average Bonchev–Trinajstić information content (AvgIpc) is 3.47. The van der Waals surface area contributed by atoms with E-state index in [0.29, 0.717) is 6.54 Å². The lowest BCUT2D eigenvalue weighted by molar-refractivity contribution is 0.194. The number of amides is 2. The zero-order chi connectivity index (χ0) is 23.9. The predicted molar refractivity (Wildman–Crippen MR) is 141 cm³/mol. The van der Waals surface area contributed by atoms with Gasteiger partial charge in [0, 0.05) is 22.3 Å². The van der Waals surface area contributed by atoms with Gasteiger partial charge in [-0.15, -0.1) is 11.3 Å². The minimum atomic E-state index is -0.246. The molecule has 4 aromatic rings. The number of hydrogen-bond donors (Lipinski definition) is 1. The molecule has 3 heterocycles. The number of aryl methyl sites for hydroxylation is 2. The molecule has 1 aliphatic carbocycles. The van der Waals surface area contributed by atoms with E-state index in [2.05, 4.69) is 41.2 Å². The third kappa shape index (κ3) is 3.92. The Labute approximate surface area is 210 Å². The predicted octanol–water partition coefficient (Wildman–Crippen LogP) is 6.87. The zero-order valence-electron chi connectivity index (χ0n) is 20.1. The normalized spacial score (nSPS) is 16.6. The van der Waals surface area contributed by atoms with Gasteiger partial charge >= 0.3 is 6.03 Å². The fraction of sp³-hybridized carbons (Fsp3) is 0.276. The van der Waals surface area contributed by atoms with E-state index in [1.165, 1.54) is 39.4 Å². The van der Waals surface area contributed by atoms with Gasteiger partial charge in [-0.1, -0.05) is 29.8 Å². The quantitative estimate of drug-likeness (QED) is 0.346. The molecule has 2 aromatic heterocycles. The van der Waals surface area contributed by atoms with Gasteiger partial charge in [0.25, 0.3) is 0 Å². The molecule has 5 nitrogen and oxygen atoms in total. The second-order valence-corrected chi connectivity index (χ2v) is 10.5. The number of rotatable bonds is 3. The van der Waals surface area contributed by atoms with Crippen LogP contribution in [0.5, 0.6) is 5.75 Å². The van der Waals surface area contributed by atoms with Crippen molar-refractivity contribution in [2.24, 2.45) is 0 Å². The summed E-state index contributed by atoms with van der Waals surface area (Å²) in [6, 6.07) is 19.9. The van der Waals surface area contributed by atoms with Crippen LogP contribution in [0.4, 0.5) is 10.5 Å². The molecule has 178 valence electrons. The first-order chi connectivity index (χ1) is 17.1. The van der Waals surface area contributed by atoms with Gasteiger partial charge in [-0.2, -0.15) is 0 Å². The number of nitrogens with zero attached hydrogens (tertiary/aromatic N) is 2. The van der Waals surface area contributed by atoms with Crippen molar-refractivity contribution in [3.63, 3.8) is 0 Å². The Morgan fingerprint density at radius 3 is 2.69 bits per heavy atom. The maximum Gasteiger partial charge on any atom is 0.322 e. The number of aromatic nitrogens is 1. The van der Waals surface area contributed by atoms with Gasteiger partial charge in [0.15, 0.2) is 0 Å². The van der Waals surface area contributed by atoms with Crippen LogP contribution in [0.1, 0.15) is 51.7 Å². The Kier molecular flexibility index (Phi) is 5.61. The molecular formula is C29H29N3O2S. The monoisotopic (exact) mass is 483 g/mol. The fourth-order valence-corrected chi connectivity index (χ4v) is 6.79. The molecule has 0 spiro atoms. The van der Waals surface area contributed by atoms with E-state index in [9.17, 15) is 4.79 Å². The van der Waals surface area contributed by atoms with Crippen LogP contribution >= 0.6 is 11.3 Å². The van der Waals surface area contributed by atoms with E-state index in [0.717, 1.165) is 35.5 Å².